The summed E-state index contributed by atoms with van der Waals surface area (Å²) in [4.78, 5) is 20.5. The number of pyridine rings is 1. The molecule has 4 rings (SSSR count). The smallest absolute Gasteiger partial charge is 0.360 e. The van der Waals surface area contributed by atoms with Crippen molar-refractivity contribution in [2.45, 2.75) is 13.1 Å². The number of carbonyl (C=O) groups is 1. The molecular weight excluding hydrogens is 526 g/mol. The quantitative estimate of drug-likeness (QED) is 0.454. The summed E-state index contributed by atoms with van der Waals surface area (Å²) in [6.45, 7) is 3.21. The molecule has 0 aliphatic carbocycles. The zero-order valence-electron chi connectivity index (χ0n) is 18.2. The number of nitrogens with zero attached hydrogens (tertiary/aromatic N) is 4. The van der Waals surface area contributed by atoms with E-state index in [0.717, 1.165) is 12.3 Å². The number of nitrogens with one attached hydrogen (secondary N) is 1. The number of halogens is 5. The normalized spacial score (nSPS) is 14.2. The lowest BCUT2D eigenvalue weighted by molar-refractivity contribution is -0.137. The molecule has 7 nitrogen and oxygen atoms in total. The zero-order valence-corrected chi connectivity index (χ0v) is 20.5. The van der Waals surface area contributed by atoms with Gasteiger partial charge >= 0.3 is 6.18 Å². The van der Waals surface area contributed by atoms with Gasteiger partial charge in [-0.15, -0.1) is 0 Å². The standard InChI is InChI=1S/C22H18Cl2F3N5O2S/c1-12-17(18(30-34-12)14-4-2-3-5-15(14)23)20(33)29-21(35)32-8-6-31(7-9-32)19-16(24)10-13(11-28-19)22(25,26)27/h2-5,10-11H,6-9H2,1H3,(H,29,33,35). The molecular formula is C22H18Cl2F3N5O2S. The molecule has 1 saturated heterocycles. The molecule has 3 heterocycles. The fraction of sp³-hybridized carbons (Fsp3) is 0.273. The number of anilines is 1. The Bertz CT molecular complexity index is 1280. The van der Waals surface area contributed by atoms with Gasteiger partial charge in [0.25, 0.3) is 5.91 Å². The van der Waals surface area contributed by atoms with Crippen LogP contribution in [0.1, 0.15) is 21.7 Å². The molecule has 0 atom stereocenters. The first kappa shape index (κ1) is 25.2. The molecule has 184 valence electrons. The highest BCUT2D eigenvalue weighted by Gasteiger charge is 2.32. The van der Waals surface area contributed by atoms with E-state index in [0.29, 0.717) is 48.2 Å². The molecule has 0 radical (unpaired) electrons. The third kappa shape index (κ3) is 5.36. The van der Waals surface area contributed by atoms with E-state index in [9.17, 15) is 18.0 Å². The van der Waals surface area contributed by atoms with Crippen LogP contribution in [0.3, 0.4) is 0 Å². The fourth-order valence-electron chi connectivity index (χ4n) is 3.66. The van der Waals surface area contributed by atoms with Crippen molar-refractivity contribution in [1.82, 2.24) is 20.4 Å². The van der Waals surface area contributed by atoms with Gasteiger partial charge in [-0.05, 0) is 31.3 Å². The van der Waals surface area contributed by atoms with Crippen LogP contribution in [0.4, 0.5) is 19.0 Å². The van der Waals surface area contributed by atoms with Crippen LogP contribution < -0.4 is 10.2 Å². The van der Waals surface area contributed by atoms with E-state index < -0.39 is 17.6 Å². The van der Waals surface area contributed by atoms with Gasteiger partial charge in [0.15, 0.2) is 5.11 Å². The molecule has 13 heteroatoms. The second-order valence-corrected chi connectivity index (χ2v) is 8.90. The first-order chi connectivity index (χ1) is 16.6. The Morgan fingerprint density at radius 3 is 2.46 bits per heavy atom. The summed E-state index contributed by atoms with van der Waals surface area (Å²) in [5.41, 5.74) is 0.173. The molecule has 0 spiro atoms. The van der Waals surface area contributed by atoms with Crippen LogP contribution in [-0.2, 0) is 6.18 Å². The number of benzene rings is 1. The van der Waals surface area contributed by atoms with Gasteiger partial charge in [-0.25, -0.2) is 4.98 Å². The maximum atomic E-state index is 13.0. The number of aromatic nitrogens is 2. The Hall–Kier alpha value is -2.89. The van der Waals surface area contributed by atoms with Crippen molar-refractivity contribution < 1.29 is 22.5 Å². The van der Waals surface area contributed by atoms with Crippen molar-refractivity contribution in [1.29, 1.82) is 0 Å². The highest BCUT2D eigenvalue weighted by Crippen LogP contribution is 2.34. The van der Waals surface area contributed by atoms with E-state index >= 15 is 0 Å². The van der Waals surface area contributed by atoms with Crippen molar-refractivity contribution in [2.75, 3.05) is 31.1 Å². The van der Waals surface area contributed by atoms with E-state index in [-0.39, 0.29) is 21.5 Å². The second-order valence-electron chi connectivity index (χ2n) is 7.70. The van der Waals surface area contributed by atoms with Gasteiger partial charge in [0.2, 0.25) is 0 Å². The van der Waals surface area contributed by atoms with E-state index in [1.807, 2.05) is 0 Å². The number of amides is 1. The lowest BCUT2D eigenvalue weighted by Gasteiger charge is -2.37. The molecule has 1 aromatic carbocycles. The number of hydrogen-bond acceptors (Lipinski definition) is 6. The number of aryl methyl sites for hydroxylation is 1. The molecule has 35 heavy (non-hydrogen) atoms. The molecule has 1 aliphatic heterocycles. The fourth-order valence-corrected chi connectivity index (χ4v) is 4.44. The Morgan fingerprint density at radius 1 is 1.14 bits per heavy atom. The van der Waals surface area contributed by atoms with Crippen molar-refractivity contribution in [3.05, 3.63) is 63.5 Å². The largest absolute Gasteiger partial charge is 0.417 e. The summed E-state index contributed by atoms with van der Waals surface area (Å²) in [6, 6.07) is 7.81. The van der Waals surface area contributed by atoms with Crippen molar-refractivity contribution in [2.24, 2.45) is 0 Å². The van der Waals surface area contributed by atoms with E-state index in [1.165, 1.54) is 0 Å². The first-order valence-electron chi connectivity index (χ1n) is 10.4. The average Bonchev–Trinajstić information content (AvgIpc) is 3.20. The number of carbonyl (C=O) groups excluding carboxylic acids is 1. The molecule has 1 fully saturated rings. The van der Waals surface area contributed by atoms with Gasteiger partial charge in [-0.3, -0.25) is 10.1 Å². The summed E-state index contributed by atoms with van der Waals surface area (Å²) in [5.74, 6) is 0.0883. The molecule has 1 aliphatic rings. The van der Waals surface area contributed by atoms with E-state index in [2.05, 4.69) is 15.5 Å². The van der Waals surface area contributed by atoms with Crippen LogP contribution in [-0.4, -0.2) is 52.2 Å². The topological polar surface area (TPSA) is 74.5 Å². The van der Waals surface area contributed by atoms with Crippen molar-refractivity contribution in [3.8, 4) is 11.3 Å². The van der Waals surface area contributed by atoms with E-state index in [1.54, 1.807) is 41.0 Å². The molecule has 0 saturated carbocycles. The number of hydrogen-bond donors (Lipinski definition) is 1. The Kier molecular flexibility index (Phi) is 7.20. The minimum absolute atomic E-state index is 0.0841. The van der Waals surface area contributed by atoms with Gasteiger partial charge in [-0.1, -0.05) is 46.6 Å². The van der Waals surface area contributed by atoms with Crippen molar-refractivity contribution in [3.63, 3.8) is 0 Å². The monoisotopic (exact) mass is 543 g/mol. The minimum Gasteiger partial charge on any atom is -0.360 e. The van der Waals surface area contributed by atoms with Crippen LogP contribution in [0.5, 0.6) is 0 Å². The summed E-state index contributed by atoms with van der Waals surface area (Å²) >= 11 is 17.7. The summed E-state index contributed by atoms with van der Waals surface area (Å²) in [5, 5.41) is 7.23. The Morgan fingerprint density at radius 2 is 1.83 bits per heavy atom. The van der Waals surface area contributed by atoms with Gasteiger partial charge < -0.3 is 14.3 Å². The third-order valence-electron chi connectivity index (χ3n) is 5.45. The highest BCUT2D eigenvalue weighted by atomic mass is 35.5. The predicted octanol–water partition coefficient (Wildman–Crippen LogP) is 5.21. The second kappa shape index (κ2) is 10.00. The summed E-state index contributed by atoms with van der Waals surface area (Å²) in [7, 11) is 0. The third-order valence-corrected chi connectivity index (χ3v) is 6.42. The summed E-state index contributed by atoms with van der Waals surface area (Å²) < 4.78 is 43.8. The predicted molar refractivity (Wildman–Crippen MR) is 130 cm³/mol. The SMILES string of the molecule is Cc1onc(-c2ccccc2Cl)c1C(=O)NC(=S)N1CCN(c2ncc(C(F)(F)F)cc2Cl)CC1. The van der Waals surface area contributed by atoms with Gasteiger partial charge in [-0.2, -0.15) is 13.2 Å². The van der Waals surface area contributed by atoms with Crippen LogP contribution >= 0.6 is 35.4 Å². The molecule has 1 N–H and O–H groups in total. The lowest BCUT2D eigenvalue weighted by Crippen LogP contribution is -2.53. The molecule has 2 aromatic heterocycles. The number of alkyl halides is 3. The first-order valence-corrected chi connectivity index (χ1v) is 11.5. The number of piperazine rings is 1. The minimum atomic E-state index is -4.52. The Balaban J connectivity index is 1.41. The summed E-state index contributed by atoms with van der Waals surface area (Å²) in [6.07, 6.45) is -3.76. The Labute approximate surface area is 213 Å². The van der Waals surface area contributed by atoms with Gasteiger partial charge in [0, 0.05) is 37.9 Å². The molecule has 1 amide bonds. The molecule has 0 unspecified atom stereocenters. The zero-order chi connectivity index (χ0) is 25.3. The van der Waals surface area contributed by atoms with Crippen LogP contribution in [0.25, 0.3) is 11.3 Å². The maximum absolute atomic E-state index is 13.0. The van der Waals surface area contributed by atoms with Crippen molar-refractivity contribution >= 4 is 52.3 Å². The van der Waals surface area contributed by atoms with Crippen LogP contribution in [0.15, 0.2) is 41.1 Å². The average molecular weight is 544 g/mol. The molecule has 3 aromatic rings. The van der Waals surface area contributed by atoms with Gasteiger partial charge in [0.05, 0.1) is 15.6 Å². The number of rotatable bonds is 3. The van der Waals surface area contributed by atoms with Crippen LogP contribution in [0, 0.1) is 6.92 Å². The maximum Gasteiger partial charge on any atom is 0.417 e. The van der Waals surface area contributed by atoms with Gasteiger partial charge in [0.1, 0.15) is 22.8 Å². The molecule has 0 bridgehead atoms. The number of thiocarbonyl (C=S) groups is 1. The van der Waals surface area contributed by atoms with Crippen LogP contribution in [0.2, 0.25) is 10.0 Å². The lowest BCUT2D eigenvalue weighted by atomic mass is 10.1. The highest BCUT2D eigenvalue weighted by molar-refractivity contribution is 7.80. The van der Waals surface area contributed by atoms with E-state index in [4.69, 9.17) is 39.9 Å².